The van der Waals surface area contributed by atoms with Crippen molar-refractivity contribution in [1.29, 1.82) is 0 Å². The molecule has 1 fully saturated rings. The second kappa shape index (κ2) is 14.1. The minimum atomic E-state index is -0.811. The number of benzene rings is 4. The van der Waals surface area contributed by atoms with Crippen LogP contribution in [-0.4, -0.2) is 85.8 Å². The summed E-state index contributed by atoms with van der Waals surface area (Å²) in [5.74, 6) is -0.802. The Bertz CT molecular complexity index is 1670. The van der Waals surface area contributed by atoms with E-state index in [0.29, 0.717) is 38.3 Å². The maximum atomic E-state index is 14.3. The first-order valence-electron chi connectivity index (χ1n) is 15.8. The molecule has 9 heteroatoms. The smallest absolute Gasteiger partial charge is 0.295 e. The second-order valence-corrected chi connectivity index (χ2v) is 11.7. The first-order valence-corrected chi connectivity index (χ1v) is 15.8. The van der Waals surface area contributed by atoms with Gasteiger partial charge in [-0.2, -0.15) is 0 Å². The van der Waals surface area contributed by atoms with E-state index in [2.05, 4.69) is 53.4 Å². The fourth-order valence-corrected chi connectivity index (χ4v) is 6.72. The number of ether oxygens (including phenoxy) is 3. The van der Waals surface area contributed by atoms with Crippen molar-refractivity contribution < 1.29 is 28.6 Å². The number of amides is 2. The number of methoxy groups -OCH3 is 3. The molecule has 2 aliphatic rings. The topological polar surface area (TPSA) is 88.6 Å². The highest BCUT2D eigenvalue weighted by Crippen LogP contribution is 2.39. The van der Waals surface area contributed by atoms with Gasteiger partial charge in [-0.1, -0.05) is 84.9 Å². The molecule has 4 aromatic rings. The van der Waals surface area contributed by atoms with Crippen LogP contribution in [0.4, 0.5) is 0 Å². The van der Waals surface area contributed by atoms with Gasteiger partial charge in [0, 0.05) is 44.7 Å². The largest absolute Gasteiger partial charge is 0.493 e. The van der Waals surface area contributed by atoms with Crippen LogP contribution in [0.1, 0.15) is 38.7 Å². The fourth-order valence-electron chi connectivity index (χ4n) is 6.72. The maximum absolute atomic E-state index is 14.3. The molecule has 0 bridgehead atoms. The first kappa shape index (κ1) is 31.8. The Kier molecular flexibility index (Phi) is 9.54. The Balaban J connectivity index is 1.24. The Labute approximate surface area is 275 Å². The normalized spacial score (nSPS) is 16.4. The van der Waals surface area contributed by atoms with Gasteiger partial charge in [0.2, 0.25) is 11.7 Å². The van der Waals surface area contributed by atoms with E-state index in [-0.39, 0.29) is 35.6 Å². The average Bonchev–Trinajstić information content (AvgIpc) is 3.14. The molecule has 1 atom stereocenters. The van der Waals surface area contributed by atoms with Gasteiger partial charge in [-0.15, -0.1) is 0 Å². The lowest BCUT2D eigenvalue weighted by atomic mass is 9.92. The number of fused-ring (bicyclic) bond motifs is 1. The van der Waals surface area contributed by atoms with Crippen molar-refractivity contribution >= 4 is 17.6 Å². The summed E-state index contributed by atoms with van der Waals surface area (Å²) in [6.45, 7) is 2.52. The molecule has 0 unspecified atom stereocenters. The fraction of sp³-hybridized carbons (Fsp3) is 0.289. The third kappa shape index (κ3) is 6.44. The van der Waals surface area contributed by atoms with Crippen LogP contribution in [0, 0.1) is 0 Å². The summed E-state index contributed by atoms with van der Waals surface area (Å²) in [4.78, 5) is 47.7. The van der Waals surface area contributed by atoms with E-state index >= 15 is 0 Å². The summed E-state index contributed by atoms with van der Waals surface area (Å²) in [7, 11) is 4.37. The van der Waals surface area contributed by atoms with Crippen LogP contribution in [0.3, 0.4) is 0 Å². The lowest BCUT2D eigenvalue weighted by molar-refractivity contribution is -0.146. The van der Waals surface area contributed by atoms with E-state index in [4.69, 9.17) is 14.2 Å². The van der Waals surface area contributed by atoms with Crippen LogP contribution in [0.25, 0.3) is 0 Å². The lowest BCUT2D eigenvalue weighted by Crippen LogP contribution is -2.58. The molecule has 0 saturated carbocycles. The van der Waals surface area contributed by atoms with Gasteiger partial charge < -0.3 is 24.0 Å². The molecule has 0 aliphatic carbocycles. The summed E-state index contributed by atoms with van der Waals surface area (Å²) in [6, 6.07) is 30.8. The van der Waals surface area contributed by atoms with Crippen LogP contribution in [-0.2, 0) is 22.6 Å². The summed E-state index contributed by atoms with van der Waals surface area (Å²) in [5.41, 5.74) is 4.41. The number of hydrogen-bond donors (Lipinski definition) is 0. The van der Waals surface area contributed by atoms with Gasteiger partial charge in [0.25, 0.3) is 11.7 Å². The predicted octanol–water partition coefficient (Wildman–Crippen LogP) is 4.78. The molecular weight excluding hydrogens is 594 g/mol. The van der Waals surface area contributed by atoms with Gasteiger partial charge in [0.15, 0.2) is 11.5 Å². The van der Waals surface area contributed by atoms with Crippen molar-refractivity contribution in [3.63, 3.8) is 0 Å². The molecule has 1 saturated heterocycles. The summed E-state index contributed by atoms with van der Waals surface area (Å²) < 4.78 is 16.2. The van der Waals surface area contributed by atoms with Gasteiger partial charge in [0.05, 0.1) is 27.4 Å². The lowest BCUT2D eigenvalue weighted by Gasteiger charge is -2.43. The van der Waals surface area contributed by atoms with Gasteiger partial charge in [-0.3, -0.25) is 19.3 Å². The molecule has 0 radical (unpaired) electrons. The third-order valence-electron chi connectivity index (χ3n) is 9.14. The van der Waals surface area contributed by atoms with Crippen molar-refractivity contribution in [2.45, 2.75) is 25.0 Å². The van der Waals surface area contributed by atoms with E-state index in [0.717, 1.165) is 11.1 Å². The Morgan fingerprint density at radius 2 is 1.21 bits per heavy atom. The number of rotatable bonds is 9. The number of ketones is 1. The van der Waals surface area contributed by atoms with Gasteiger partial charge in [-0.05, 0) is 34.4 Å². The standard InChI is InChI=1S/C38H39N3O6/c1-45-32-23-30(24-33(46-2)36(32)47-3)35(42)38(44)41-25-29-17-11-10-16-28(29)22-31(41)37(43)40-20-18-39(19-21-40)34(26-12-6-4-7-13-26)27-14-8-5-9-15-27/h4-17,23-24,31,34H,18-22,25H2,1-3H3/t31-/m0/s1. The zero-order chi connectivity index (χ0) is 32.9. The van der Waals surface area contributed by atoms with Gasteiger partial charge in [0.1, 0.15) is 6.04 Å². The predicted molar refractivity (Wildman–Crippen MR) is 178 cm³/mol. The van der Waals surface area contributed by atoms with Crippen LogP contribution >= 0.6 is 0 Å². The molecule has 4 aromatic carbocycles. The monoisotopic (exact) mass is 633 g/mol. The van der Waals surface area contributed by atoms with E-state index in [9.17, 15) is 14.4 Å². The van der Waals surface area contributed by atoms with E-state index < -0.39 is 17.7 Å². The molecule has 2 amide bonds. The average molecular weight is 634 g/mol. The highest BCUT2D eigenvalue weighted by atomic mass is 16.5. The number of hydrogen-bond acceptors (Lipinski definition) is 7. The van der Waals surface area contributed by atoms with E-state index in [1.54, 1.807) is 0 Å². The van der Waals surface area contributed by atoms with Crippen molar-refractivity contribution in [1.82, 2.24) is 14.7 Å². The molecule has 2 aliphatic heterocycles. The van der Waals surface area contributed by atoms with E-state index in [1.807, 2.05) is 41.3 Å². The molecule has 47 heavy (non-hydrogen) atoms. The zero-order valence-electron chi connectivity index (χ0n) is 26.9. The summed E-state index contributed by atoms with van der Waals surface area (Å²) >= 11 is 0. The highest BCUT2D eigenvalue weighted by Gasteiger charge is 2.40. The van der Waals surface area contributed by atoms with Crippen LogP contribution < -0.4 is 14.2 Å². The van der Waals surface area contributed by atoms with Crippen LogP contribution in [0.15, 0.2) is 97.1 Å². The highest BCUT2D eigenvalue weighted by molar-refractivity contribution is 6.43. The molecular formula is C38H39N3O6. The third-order valence-corrected chi connectivity index (χ3v) is 9.14. The SMILES string of the molecule is COc1cc(C(=O)C(=O)N2Cc3ccccc3C[C@H]2C(=O)N2CCN(C(c3ccccc3)c3ccccc3)CC2)cc(OC)c1OC. The first-order chi connectivity index (χ1) is 22.9. The minimum Gasteiger partial charge on any atom is -0.493 e. The molecule has 9 nitrogen and oxygen atoms in total. The summed E-state index contributed by atoms with van der Waals surface area (Å²) in [6.07, 6.45) is 0.333. The minimum absolute atomic E-state index is 0.0605. The molecule has 2 heterocycles. The maximum Gasteiger partial charge on any atom is 0.295 e. The van der Waals surface area contributed by atoms with Crippen molar-refractivity contribution in [3.8, 4) is 17.2 Å². The summed E-state index contributed by atoms with van der Waals surface area (Å²) in [5, 5.41) is 0. The van der Waals surface area contributed by atoms with Crippen LogP contribution in [0.2, 0.25) is 0 Å². The molecule has 0 spiro atoms. The number of nitrogens with zero attached hydrogens (tertiary/aromatic N) is 3. The molecule has 6 rings (SSSR count). The number of carbonyl (C=O) groups is 3. The van der Waals surface area contributed by atoms with Crippen LogP contribution in [0.5, 0.6) is 17.2 Å². The van der Waals surface area contributed by atoms with Crippen molar-refractivity contribution in [2.24, 2.45) is 0 Å². The second-order valence-electron chi connectivity index (χ2n) is 11.7. The van der Waals surface area contributed by atoms with E-state index in [1.165, 1.54) is 49.5 Å². The van der Waals surface area contributed by atoms with Gasteiger partial charge >= 0.3 is 0 Å². The number of Topliss-reactive ketones (excluding diaryl/α,β-unsaturated/α-hetero) is 1. The molecule has 0 aromatic heterocycles. The van der Waals surface area contributed by atoms with Crippen molar-refractivity contribution in [2.75, 3.05) is 47.5 Å². The molecule has 0 N–H and O–H groups in total. The Morgan fingerprint density at radius 1 is 0.681 bits per heavy atom. The Hall–Kier alpha value is -5.15. The zero-order valence-corrected chi connectivity index (χ0v) is 26.9. The quantitative estimate of drug-likeness (QED) is 0.194. The Morgan fingerprint density at radius 3 is 1.74 bits per heavy atom. The number of carbonyl (C=O) groups excluding carboxylic acids is 3. The van der Waals surface area contributed by atoms with Gasteiger partial charge in [-0.25, -0.2) is 0 Å². The van der Waals surface area contributed by atoms with Crippen molar-refractivity contribution in [3.05, 3.63) is 125 Å². The number of piperazine rings is 1. The molecule has 242 valence electrons.